The molecule has 2 rings (SSSR count). The molecule has 4 nitrogen and oxygen atoms in total. The molecule has 21 heavy (non-hydrogen) atoms. The average Bonchev–Trinajstić information content (AvgIpc) is 2.51. The van der Waals surface area contributed by atoms with Gasteiger partial charge in [-0.25, -0.2) is 0 Å². The van der Waals surface area contributed by atoms with E-state index in [9.17, 15) is 4.79 Å². The Balaban J connectivity index is 1.54. The lowest BCUT2D eigenvalue weighted by atomic mass is 9.98. The van der Waals surface area contributed by atoms with Crippen LogP contribution < -0.4 is 10.1 Å². The first-order chi connectivity index (χ1) is 10.2. The second-order valence-electron chi connectivity index (χ2n) is 5.59. The van der Waals surface area contributed by atoms with Crippen LogP contribution in [0, 0.1) is 6.92 Å². The molecular weight excluding hydrogens is 266 g/mol. The number of amides is 1. The molecule has 0 bridgehead atoms. The van der Waals surface area contributed by atoms with Gasteiger partial charge in [-0.2, -0.15) is 0 Å². The minimum absolute atomic E-state index is 0.0617. The Kier molecular flexibility index (Phi) is 6.54. The third-order valence-electron chi connectivity index (χ3n) is 3.68. The van der Waals surface area contributed by atoms with Gasteiger partial charge in [0.15, 0.2) is 0 Å². The quantitative estimate of drug-likeness (QED) is 0.786. The summed E-state index contributed by atoms with van der Waals surface area (Å²) in [6.45, 7) is 3.16. The fraction of sp³-hybridized carbons (Fsp3) is 0.588. The molecule has 1 aliphatic carbocycles. The first-order valence-electron chi connectivity index (χ1n) is 7.82. The molecule has 1 N–H and O–H groups in total. The molecule has 0 spiro atoms. The lowest BCUT2D eigenvalue weighted by Gasteiger charge is -2.21. The van der Waals surface area contributed by atoms with Crippen LogP contribution in [0.15, 0.2) is 24.3 Å². The smallest absolute Gasteiger partial charge is 0.246 e. The van der Waals surface area contributed by atoms with Gasteiger partial charge in [0.25, 0.3) is 0 Å². The maximum absolute atomic E-state index is 11.7. The molecule has 0 unspecified atom stereocenters. The van der Waals surface area contributed by atoms with Crippen LogP contribution in [0.25, 0.3) is 0 Å². The van der Waals surface area contributed by atoms with Crippen molar-refractivity contribution in [2.24, 2.45) is 0 Å². The second kappa shape index (κ2) is 8.67. The first-order valence-corrected chi connectivity index (χ1v) is 7.82. The van der Waals surface area contributed by atoms with Gasteiger partial charge in [0, 0.05) is 0 Å². The molecule has 1 amide bonds. The van der Waals surface area contributed by atoms with E-state index < -0.39 is 0 Å². The highest BCUT2D eigenvalue weighted by Gasteiger charge is 2.14. The number of rotatable bonds is 7. The highest BCUT2D eigenvalue weighted by molar-refractivity contribution is 5.77. The number of hydrogen-bond donors (Lipinski definition) is 1. The van der Waals surface area contributed by atoms with Gasteiger partial charge in [-0.1, -0.05) is 31.4 Å². The molecule has 1 aromatic rings. The Labute approximate surface area is 126 Å². The van der Waals surface area contributed by atoms with E-state index in [1.54, 1.807) is 0 Å². The molecule has 1 aliphatic rings. The van der Waals surface area contributed by atoms with E-state index in [2.05, 4.69) is 5.32 Å². The zero-order chi connectivity index (χ0) is 14.9. The van der Waals surface area contributed by atoms with Crippen molar-refractivity contribution >= 4 is 5.91 Å². The number of carbonyl (C=O) groups is 1. The Morgan fingerprint density at radius 2 is 2.10 bits per heavy atom. The summed E-state index contributed by atoms with van der Waals surface area (Å²) in [7, 11) is 0. The number of hydrogen-bond acceptors (Lipinski definition) is 3. The Morgan fingerprint density at radius 1 is 1.29 bits per heavy atom. The summed E-state index contributed by atoms with van der Waals surface area (Å²) in [5.74, 6) is 0.774. The largest absolute Gasteiger partial charge is 0.492 e. The van der Waals surface area contributed by atoms with Crippen molar-refractivity contribution in [1.82, 2.24) is 5.32 Å². The van der Waals surface area contributed by atoms with E-state index in [4.69, 9.17) is 9.47 Å². The summed E-state index contributed by atoms with van der Waals surface area (Å²) in [5.41, 5.74) is 1.16. The zero-order valence-electron chi connectivity index (χ0n) is 12.8. The highest BCUT2D eigenvalue weighted by Crippen LogP contribution is 2.19. The molecule has 0 radical (unpaired) electrons. The van der Waals surface area contributed by atoms with Gasteiger partial charge in [0.05, 0.1) is 12.6 Å². The number of nitrogens with one attached hydrogen (secondary N) is 1. The van der Waals surface area contributed by atoms with Crippen molar-refractivity contribution in [1.29, 1.82) is 0 Å². The van der Waals surface area contributed by atoms with E-state index in [-0.39, 0.29) is 18.6 Å². The highest BCUT2D eigenvalue weighted by atomic mass is 16.5. The predicted molar refractivity (Wildman–Crippen MR) is 82.5 cm³/mol. The molecule has 0 aliphatic heterocycles. The summed E-state index contributed by atoms with van der Waals surface area (Å²) >= 11 is 0. The van der Waals surface area contributed by atoms with Crippen LogP contribution in [-0.2, 0) is 9.53 Å². The minimum atomic E-state index is -0.0617. The third-order valence-corrected chi connectivity index (χ3v) is 3.68. The van der Waals surface area contributed by atoms with Crippen molar-refractivity contribution in [3.05, 3.63) is 29.8 Å². The van der Waals surface area contributed by atoms with Crippen molar-refractivity contribution in [2.75, 3.05) is 19.8 Å². The predicted octanol–water partition coefficient (Wildman–Crippen LogP) is 2.84. The summed E-state index contributed by atoms with van der Waals surface area (Å²) in [4.78, 5) is 11.7. The van der Waals surface area contributed by atoms with Gasteiger partial charge >= 0.3 is 0 Å². The first kappa shape index (κ1) is 15.8. The Bertz CT molecular complexity index is 441. The van der Waals surface area contributed by atoms with Gasteiger partial charge in [-0.15, -0.1) is 0 Å². The monoisotopic (exact) mass is 291 g/mol. The van der Waals surface area contributed by atoms with Crippen LogP contribution in [-0.4, -0.2) is 31.8 Å². The molecule has 0 aromatic heterocycles. The molecule has 0 saturated heterocycles. The van der Waals surface area contributed by atoms with Crippen LogP contribution in [0.1, 0.15) is 37.7 Å². The van der Waals surface area contributed by atoms with Gasteiger partial charge < -0.3 is 14.8 Å². The molecule has 1 saturated carbocycles. The standard InChI is InChI=1S/C17H25NO3/c1-14-6-5-9-16(12-14)20-11-10-18-17(19)13-21-15-7-3-2-4-8-15/h5-6,9,12,15H,2-4,7-8,10-11,13H2,1H3,(H,18,19). The van der Waals surface area contributed by atoms with Gasteiger partial charge in [-0.3, -0.25) is 4.79 Å². The van der Waals surface area contributed by atoms with E-state index in [1.807, 2.05) is 31.2 Å². The lowest BCUT2D eigenvalue weighted by molar-refractivity contribution is -0.128. The maximum Gasteiger partial charge on any atom is 0.246 e. The molecule has 0 atom stereocenters. The molecule has 1 fully saturated rings. The topological polar surface area (TPSA) is 47.6 Å². The lowest BCUT2D eigenvalue weighted by Crippen LogP contribution is -2.33. The van der Waals surface area contributed by atoms with Crippen molar-refractivity contribution < 1.29 is 14.3 Å². The van der Waals surface area contributed by atoms with E-state index in [0.717, 1.165) is 24.2 Å². The van der Waals surface area contributed by atoms with Gasteiger partial charge in [0.1, 0.15) is 19.0 Å². The zero-order valence-corrected chi connectivity index (χ0v) is 12.8. The minimum Gasteiger partial charge on any atom is -0.492 e. The van der Waals surface area contributed by atoms with E-state index in [0.29, 0.717) is 13.2 Å². The molecular formula is C17H25NO3. The number of ether oxygens (including phenoxy) is 2. The van der Waals surface area contributed by atoms with Crippen LogP contribution in [0.2, 0.25) is 0 Å². The number of carbonyl (C=O) groups excluding carboxylic acids is 1. The normalized spacial score (nSPS) is 15.7. The summed E-state index contributed by atoms with van der Waals surface area (Å²) in [6.07, 6.45) is 6.18. The SMILES string of the molecule is Cc1cccc(OCCNC(=O)COC2CCCCC2)c1. The van der Waals surface area contributed by atoms with Crippen molar-refractivity contribution in [3.63, 3.8) is 0 Å². The van der Waals surface area contributed by atoms with Crippen LogP contribution >= 0.6 is 0 Å². The molecule has 1 aromatic carbocycles. The number of aryl methyl sites for hydroxylation is 1. The van der Waals surface area contributed by atoms with Gasteiger partial charge in [0.2, 0.25) is 5.91 Å². The maximum atomic E-state index is 11.7. The fourth-order valence-electron chi connectivity index (χ4n) is 2.54. The van der Waals surface area contributed by atoms with E-state index in [1.165, 1.54) is 19.3 Å². The molecule has 4 heteroatoms. The van der Waals surface area contributed by atoms with Crippen LogP contribution in [0.5, 0.6) is 5.75 Å². The number of benzene rings is 1. The van der Waals surface area contributed by atoms with Crippen LogP contribution in [0.4, 0.5) is 0 Å². The summed E-state index contributed by atoms with van der Waals surface area (Å²) < 4.78 is 11.2. The van der Waals surface area contributed by atoms with Gasteiger partial charge in [-0.05, 0) is 37.5 Å². The molecule has 0 heterocycles. The summed E-state index contributed by atoms with van der Waals surface area (Å²) in [6, 6.07) is 7.88. The average molecular weight is 291 g/mol. The van der Waals surface area contributed by atoms with Crippen molar-refractivity contribution in [2.45, 2.75) is 45.1 Å². The second-order valence-corrected chi connectivity index (χ2v) is 5.59. The third kappa shape index (κ3) is 6.17. The Hall–Kier alpha value is -1.55. The molecule has 116 valence electrons. The summed E-state index contributed by atoms with van der Waals surface area (Å²) in [5, 5.41) is 2.82. The van der Waals surface area contributed by atoms with Crippen LogP contribution in [0.3, 0.4) is 0 Å². The fourth-order valence-corrected chi connectivity index (χ4v) is 2.54. The van der Waals surface area contributed by atoms with E-state index >= 15 is 0 Å². The Morgan fingerprint density at radius 3 is 2.86 bits per heavy atom. The van der Waals surface area contributed by atoms with Crippen molar-refractivity contribution in [3.8, 4) is 5.75 Å².